The van der Waals surface area contributed by atoms with E-state index in [1.54, 1.807) is 0 Å². The summed E-state index contributed by atoms with van der Waals surface area (Å²) >= 11 is 0. The Labute approximate surface area is 160 Å². The predicted octanol–water partition coefficient (Wildman–Crippen LogP) is 2.42. The van der Waals surface area contributed by atoms with E-state index < -0.39 is 17.5 Å². The van der Waals surface area contributed by atoms with Gasteiger partial charge in [0.1, 0.15) is 23.4 Å². The Kier molecular flexibility index (Phi) is 4.60. The fourth-order valence-corrected chi connectivity index (χ4v) is 3.77. The molecule has 0 amide bonds. The number of halogens is 3. The van der Waals surface area contributed by atoms with Crippen LogP contribution in [0.25, 0.3) is 0 Å². The summed E-state index contributed by atoms with van der Waals surface area (Å²) in [5, 5.41) is 0. The van der Waals surface area contributed by atoms with Crippen LogP contribution in [0.2, 0.25) is 0 Å². The summed E-state index contributed by atoms with van der Waals surface area (Å²) in [7, 11) is 3.77. The summed E-state index contributed by atoms with van der Waals surface area (Å²) in [5.74, 6) is 0.904. The SMILES string of the molecule is CN(C)c1ncc2c(n1)C1(CCN(c3cc(C(F)(F)F)ncn3)CC1)OCC2. The molecule has 0 unspecified atom stereocenters. The molecule has 0 N–H and O–H groups in total. The fraction of sp³-hybridized carbons (Fsp3) is 0.556. The average molecular weight is 394 g/mol. The van der Waals surface area contributed by atoms with Gasteiger partial charge in [-0.25, -0.2) is 19.9 Å². The second-order valence-electron chi connectivity index (χ2n) is 7.28. The molecule has 0 radical (unpaired) electrons. The van der Waals surface area contributed by atoms with E-state index in [4.69, 9.17) is 9.72 Å². The molecule has 2 aromatic heterocycles. The molecule has 1 spiro atoms. The number of fused-ring (bicyclic) bond motifs is 2. The van der Waals surface area contributed by atoms with E-state index in [1.165, 1.54) is 0 Å². The summed E-state index contributed by atoms with van der Waals surface area (Å²) in [6, 6.07) is 1.000. The number of hydrogen-bond acceptors (Lipinski definition) is 7. The molecule has 150 valence electrons. The van der Waals surface area contributed by atoms with Gasteiger partial charge in [0.25, 0.3) is 0 Å². The number of alkyl halides is 3. The Morgan fingerprint density at radius 3 is 2.57 bits per heavy atom. The summed E-state index contributed by atoms with van der Waals surface area (Å²) in [4.78, 5) is 20.2. The van der Waals surface area contributed by atoms with E-state index in [9.17, 15) is 13.2 Å². The maximum atomic E-state index is 12.9. The van der Waals surface area contributed by atoms with Crippen LogP contribution >= 0.6 is 0 Å². The van der Waals surface area contributed by atoms with E-state index in [1.807, 2.05) is 30.1 Å². The van der Waals surface area contributed by atoms with Crippen LogP contribution in [0.3, 0.4) is 0 Å². The molecule has 0 aromatic carbocycles. The molecular weight excluding hydrogens is 373 g/mol. The first-order valence-electron chi connectivity index (χ1n) is 9.10. The minimum atomic E-state index is -4.49. The van der Waals surface area contributed by atoms with Crippen molar-refractivity contribution in [3.8, 4) is 0 Å². The summed E-state index contributed by atoms with van der Waals surface area (Å²) in [6.07, 6.45) is 0.333. The Morgan fingerprint density at radius 1 is 1.14 bits per heavy atom. The van der Waals surface area contributed by atoms with Crippen LogP contribution in [0.4, 0.5) is 24.9 Å². The molecule has 2 aliphatic heterocycles. The van der Waals surface area contributed by atoms with E-state index in [0.29, 0.717) is 38.5 Å². The number of hydrogen-bond donors (Lipinski definition) is 0. The minimum absolute atomic E-state index is 0.282. The standard InChI is InChI=1S/C18H21F3N6O/c1-26(2)16-22-10-12-3-8-28-17(15(12)25-16)4-6-27(7-5-17)14-9-13(18(19,20)21)23-11-24-14/h9-11H,3-8H2,1-2H3. The molecule has 7 nitrogen and oxygen atoms in total. The van der Waals surface area contributed by atoms with Gasteiger partial charge in [0.2, 0.25) is 5.95 Å². The van der Waals surface area contributed by atoms with E-state index in [2.05, 4.69) is 15.0 Å². The van der Waals surface area contributed by atoms with Crippen molar-refractivity contribution >= 4 is 11.8 Å². The van der Waals surface area contributed by atoms with Crippen LogP contribution in [0.1, 0.15) is 29.8 Å². The van der Waals surface area contributed by atoms with Gasteiger partial charge in [0, 0.05) is 39.4 Å². The van der Waals surface area contributed by atoms with Crippen molar-refractivity contribution in [3.05, 3.63) is 35.5 Å². The van der Waals surface area contributed by atoms with Gasteiger partial charge in [-0.05, 0) is 24.8 Å². The van der Waals surface area contributed by atoms with Gasteiger partial charge in [-0.15, -0.1) is 0 Å². The lowest BCUT2D eigenvalue weighted by atomic mass is 9.83. The third-order valence-corrected chi connectivity index (χ3v) is 5.27. The summed E-state index contributed by atoms with van der Waals surface area (Å²) in [5.41, 5.74) is 0.514. The molecule has 0 aliphatic carbocycles. The second-order valence-corrected chi connectivity index (χ2v) is 7.28. The zero-order chi connectivity index (χ0) is 19.9. The molecule has 0 bridgehead atoms. The Balaban J connectivity index is 1.58. The molecule has 1 saturated heterocycles. The van der Waals surface area contributed by atoms with Crippen molar-refractivity contribution in [2.24, 2.45) is 0 Å². The lowest BCUT2D eigenvalue weighted by Crippen LogP contribution is -2.47. The molecule has 0 saturated carbocycles. The Bertz CT molecular complexity index is 865. The Morgan fingerprint density at radius 2 is 1.89 bits per heavy atom. The van der Waals surface area contributed by atoms with Crippen molar-refractivity contribution < 1.29 is 17.9 Å². The summed E-state index contributed by atoms with van der Waals surface area (Å²) < 4.78 is 45.0. The number of rotatable bonds is 2. The van der Waals surface area contributed by atoms with Crippen LogP contribution in [-0.2, 0) is 22.9 Å². The number of aromatic nitrogens is 4. The highest BCUT2D eigenvalue weighted by atomic mass is 19.4. The Hall–Kier alpha value is -2.49. The first-order chi connectivity index (χ1) is 13.3. The predicted molar refractivity (Wildman–Crippen MR) is 96.2 cm³/mol. The molecule has 0 atom stereocenters. The van der Waals surface area contributed by atoms with Crippen LogP contribution < -0.4 is 9.80 Å². The highest BCUT2D eigenvalue weighted by Gasteiger charge is 2.43. The topological polar surface area (TPSA) is 67.3 Å². The normalized spacial score (nSPS) is 18.8. The minimum Gasteiger partial charge on any atom is -0.368 e. The van der Waals surface area contributed by atoms with Crippen molar-refractivity contribution in [2.45, 2.75) is 31.0 Å². The van der Waals surface area contributed by atoms with Crippen molar-refractivity contribution in [2.75, 3.05) is 43.6 Å². The van der Waals surface area contributed by atoms with Gasteiger partial charge in [-0.3, -0.25) is 0 Å². The number of anilines is 2. The zero-order valence-electron chi connectivity index (χ0n) is 15.7. The molecule has 2 aromatic rings. The maximum Gasteiger partial charge on any atom is 0.433 e. The van der Waals surface area contributed by atoms with E-state index in [0.717, 1.165) is 30.1 Å². The lowest BCUT2D eigenvalue weighted by molar-refractivity contribution is -0.141. The van der Waals surface area contributed by atoms with Gasteiger partial charge in [0.05, 0.1) is 12.3 Å². The van der Waals surface area contributed by atoms with Crippen LogP contribution in [-0.4, -0.2) is 53.7 Å². The molecule has 1 fully saturated rings. The second kappa shape index (κ2) is 6.84. The van der Waals surface area contributed by atoms with Gasteiger partial charge < -0.3 is 14.5 Å². The van der Waals surface area contributed by atoms with Crippen LogP contribution in [0.15, 0.2) is 18.6 Å². The average Bonchev–Trinajstić information content (AvgIpc) is 2.68. The van der Waals surface area contributed by atoms with Gasteiger partial charge >= 0.3 is 6.18 Å². The van der Waals surface area contributed by atoms with Crippen LogP contribution in [0, 0.1) is 0 Å². The van der Waals surface area contributed by atoms with Gasteiger partial charge in [-0.2, -0.15) is 13.2 Å². The largest absolute Gasteiger partial charge is 0.433 e. The number of nitrogens with zero attached hydrogens (tertiary/aromatic N) is 6. The first kappa shape index (κ1) is 18.9. The zero-order valence-corrected chi connectivity index (χ0v) is 15.7. The van der Waals surface area contributed by atoms with Gasteiger partial charge in [0.15, 0.2) is 0 Å². The van der Waals surface area contributed by atoms with Gasteiger partial charge in [-0.1, -0.05) is 0 Å². The smallest absolute Gasteiger partial charge is 0.368 e. The molecular formula is C18H21F3N6O. The highest BCUT2D eigenvalue weighted by Crippen LogP contribution is 2.41. The molecule has 4 heterocycles. The summed E-state index contributed by atoms with van der Waals surface area (Å²) in [6.45, 7) is 1.63. The monoisotopic (exact) mass is 394 g/mol. The van der Waals surface area contributed by atoms with Crippen molar-refractivity contribution in [1.82, 2.24) is 19.9 Å². The first-order valence-corrected chi connectivity index (χ1v) is 9.10. The third kappa shape index (κ3) is 3.36. The van der Waals surface area contributed by atoms with E-state index in [-0.39, 0.29) is 5.82 Å². The molecule has 10 heteroatoms. The lowest BCUT2D eigenvalue weighted by Gasteiger charge is -2.44. The van der Waals surface area contributed by atoms with Crippen molar-refractivity contribution in [3.63, 3.8) is 0 Å². The third-order valence-electron chi connectivity index (χ3n) is 5.27. The van der Waals surface area contributed by atoms with Crippen LogP contribution in [0.5, 0.6) is 0 Å². The number of piperidine rings is 1. The molecule has 2 aliphatic rings. The van der Waals surface area contributed by atoms with E-state index >= 15 is 0 Å². The van der Waals surface area contributed by atoms with Crippen molar-refractivity contribution in [1.29, 1.82) is 0 Å². The molecule has 28 heavy (non-hydrogen) atoms. The fourth-order valence-electron chi connectivity index (χ4n) is 3.77. The quantitative estimate of drug-likeness (QED) is 0.775. The molecule has 4 rings (SSSR count). The highest BCUT2D eigenvalue weighted by molar-refractivity contribution is 5.42. The number of ether oxygens (including phenoxy) is 1. The maximum absolute atomic E-state index is 12.9.